The summed E-state index contributed by atoms with van der Waals surface area (Å²) in [5, 5.41) is 0. The molecular weight excluding hydrogens is 196 g/mol. The SMILES string of the molecule is CCOC(=O)C1C2CC3OC(=O)C1C3C2. The summed E-state index contributed by atoms with van der Waals surface area (Å²) in [5.41, 5.74) is 0. The summed E-state index contributed by atoms with van der Waals surface area (Å²) in [6, 6.07) is 0. The van der Waals surface area contributed by atoms with Crippen molar-refractivity contribution in [3.8, 4) is 0 Å². The molecule has 3 rings (SSSR count). The van der Waals surface area contributed by atoms with Gasteiger partial charge in [0.2, 0.25) is 0 Å². The Morgan fingerprint density at radius 1 is 1.53 bits per heavy atom. The number of hydrogen-bond donors (Lipinski definition) is 0. The molecule has 5 atom stereocenters. The molecule has 0 spiro atoms. The van der Waals surface area contributed by atoms with Gasteiger partial charge < -0.3 is 9.47 Å². The van der Waals surface area contributed by atoms with Crippen LogP contribution in [-0.4, -0.2) is 24.6 Å². The lowest BCUT2D eigenvalue weighted by Gasteiger charge is -2.22. The Morgan fingerprint density at radius 2 is 2.33 bits per heavy atom. The van der Waals surface area contributed by atoms with E-state index in [1.165, 1.54) is 0 Å². The van der Waals surface area contributed by atoms with Crippen molar-refractivity contribution in [3.05, 3.63) is 0 Å². The largest absolute Gasteiger partial charge is 0.466 e. The zero-order valence-corrected chi connectivity index (χ0v) is 8.64. The van der Waals surface area contributed by atoms with Crippen LogP contribution >= 0.6 is 0 Å². The number of carbonyl (C=O) groups is 2. The van der Waals surface area contributed by atoms with Crippen LogP contribution in [0.2, 0.25) is 0 Å². The number of carbonyl (C=O) groups excluding carboxylic acids is 2. The van der Waals surface area contributed by atoms with E-state index in [4.69, 9.17) is 9.47 Å². The highest BCUT2D eigenvalue weighted by Crippen LogP contribution is 2.57. The van der Waals surface area contributed by atoms with Gasteiger partial charge in [-0.2, -0.15) is 0 Å². The van der Waals surface area contributed by atoms with Gasteiger partial charge in [0.25, 0.3) is 0 Å². The maximum Gasteiger partial charge on any atom is 0.310 e. The summed E-state index contributed by atoms with van der Waals surface area (Å²) in [6.45, 7) is 2.18. The molecule has 2 bridgehead atoms. The van der Waals surface area contributed by atoms with E-state index in [-0.39, 0.29) is 35.8 Å². The molecule has 3 aliphatic rings. The molecule has 1 aliphatic heterocycles. The van der Waals surface area contributed by atoms with Gasteiger partial charge in [0.15, 0.2) is 0 Å². The zero-order valence-electron chi connectivity index (χ0n) is 8.64. The third-order valence-corrected chi connectivity index (χ3v) is 4.04. The Morgan fingerprint density at radius 3 is 3.07 bits per heavy atom. The number of ether oxygens (including phenoxy) is 2. The number of hydrogen-bond acceptors (Lipinski definition) is 4. The standard InChI is InChI=1S/C11H14O4/c1-2-14-10(12)8-5-3-6-7(4-5)15-11(13)9(6)8/h5-9H,2-4H2,1H3. The maximum absolute atomic E-state index is 11.7. The lowest BCUT2D eigenvalue weighted by atomic mass is 9.80. The molecule has 2 aliphatic carbocycles. The minimum absolute atomic E-state index is 0.0955. The van der Waals surface area contributed by atoms with E-state index < -0.39 is 0 Å². The smallest absolute Gasteiger partial charge is 0.310 e. The van der Waals surface area contributed by atoms with E-state index in [9.17, 15) is 9.59 Å². The van der Waals surface area contributed by atoms with Gasteiger partial charge in [-0.25, -0.2) is 0 Å². The van der Waals surface area contributed by atoms with Crippen LogP contribution in [0.5, 0.6) is 0 Å². The molecule has 0 aromatic rings. The molecule has 1 saturated heterocycles. The van der Waals surface area contributed by atoms with Gasteiger partial charge in [-0.3, -0.25) is 9.59 Å². The molecule has 0 aromatic heterocycles. The Balaban J connectivity index is 1.86. The van der Waals surface area contributed by atoms with Gasteiger partial charge in [-0.1, -0.05) is 0 Å². The molecule has 0 N–H and O–H groups in total. The second-order valence-corrected chi connectivity index (χ2v) is 4.67. The fraction of sp³-hybridized carbons (Fsp3) is 0.818. The van der Waals surface area contributed by atoms with Crippen LogP contribution in [0.15, 0.2) is 0 Å². The highest BCUT2D eigenvalue weighted by molar-refractivity contribution is 5.85. The second kappa shape index (κ2) is 2.97. The molecule has 0 radical (unpaired) electrons. The van der Waals surface area contributed by atoms with Gasteiger partial charge in [0.05, 0.1) is 18.4 Å². The van der Waals surface area contributed by atoms with Gasteiger partial charge >= 0.3 is 11.9 Å². The predicted octanol–water partition coefficient (Wildman–Crippen LogP) is 0.747. The van der Waals surface area contributed by atoms with Crippen LogP contribution in [0, 0.1) is 23.7 Å². The van der Waals surface area contributed by atoms with E-state index in [0.717, 1.165) is 12.8 Å². The summed E-state index contributed by atoms with van der Waals surface area (Å²) in [6.07, 6.45) is 1.92. The van der Waals surface area contributed by atoms with Gasteiger partial charge in [-0.05, 0) is 25.7 Å². The Kier molecular flexibility index (Phi) is 1.82. The molecule has 0 aromatic carbocycles. The van der Waals surface area contributed by atoms with Crippen molar-refractivity contribution < 1.29 is 19.1 Å². The molecule has 82 valence electrons. The summed E-state index contributed by atoms with van der Waals surface area (Å²) in [4.78, 5) is 23.3. The summed E-state index contributed by atoms with van der Waals surface area (Å²) >= 11 is 0. The predicted molar refractivity (Wildman–Crippen MR) is 49.7 cm³/mol. The molecule has 1 heterocycles. The minimum atomic E-state index is -0.221. The first-order valence-electron chi connectivity index (χ1n) is 5.59. The van der Waals surface area contributed by atoms with E-state index in [1.807, 2.05) is 0 Å². The van der Waals surface area contributed by atoms with E-state index in [2.05, 4.69) is 0 Å². The van der Waals surface area contributed by atoms with Crippen molar-refractivity contribution in [2.45, 2.75) is 25.9 Å². The van der Waals surface area contributed by atoms with Crippen molar-refractivity contribution in [3.63, 3.8) is 0 Å². The van der Waals surface area contributed by atoms with Crippen molar-refractivity contribution in [1.82, 2.24) is 0 Å². The average Bonchev–Trinajstić information content (AvgIpc) is 2.76. The third-order valence-electron chi connectivity index (χ3n) is 4.04. The number of rotatable bonds is 2. The fourth-order valence-corrected chi connectivity index (χ4v) is 3.56. The van der Waals surface area contributed by atoms with Crippen LogP contribution in [0.3, 0.4) is 0 Å². The highest BCUT2D eigenvalue weighted by Gasteiger charge is 2.64. The lowest BCUT2D eigenvalue weighted by molar-refractivity contribution is -0.155. The van der Waals surface area contributed by atoms with Crippen LogP contribution < -0.4 is 0 Å². The van der Waals surface area contributed by atoms with Crippen LogP contribution in [0.4, 0.5) is 0 Å². The first kappa shape index (κ1) is 9.19. The number of fused-ring (bicyclic) bond motifs is 1. The van der Waals surface area contributed by atoms with Crippen molar-refractivity contribution >= 4 is 11.9 Å². The molecule has 4 nitrogen and oxygen atoms in total. The highest BCUT2D eigenvalue weighted by atomic mass is 16.6. The van der Waals surface area contributed by atoms with Gasteiger partial charge in [0.1, 0.15) is 6.10 Å². The topological polar surface area (TPSA) is 52.6 Å². The van der Waals surface area contributed by atoms with E-state index in [0.29, 0.717) is 12.5 Å². The Hall–Kier alpha value is -1.06. The quantitative estimate of drug-likeness (QED) is 0.631. The molecule has 3 fully saturated rings. The van der Waals surface area contributed by atoms with Crippen molar-refractivity contribution in [1.29, 1.82) is 0 Å². The second-order valence-electron chi connectivity index (χ2n) is 4.67. The molecule has 4 heteroatoms. The fourth-order valence-electron chi connectivity index (χ4n) is 3.56. The lowest BCUT2D eigenvalue weighted by Crippen LogP contribution is -2.33. The monoisotopic (exact) mass is 210 g/mol. The van der Waals surface area contributed by atoms with Gasteiger partial charge in [-0.15, -0.1) is 0 Å². The van der Waals surface area contributed by atoms with Crippen LogP contribution in [0.25, 0.3) is 0 Å². The Labute approximate surface area is 87.9 Å². The molecule has 0 amide bonds. The molecular formula is C11H14O4. The molecule has 15 heavy (non-hydrogen) atoms. The minimum Gasteiger partial charge on any atom is -0.466 e. The normalized spacial score (nSPS) is 45.7. The van der Waals surface area contributed by atoms with E-state index >= 15 is 0 Å². The van der Waals surface area contributed by atoms with Crippen LogP contribution in [-0.2, 0) is 19.1 Å². The maximum atomic E-state index is 11.7. The van der Waals surface area contributed by atoms with Crippen molar-refractivity contribution in [2.24, 2.45) is 23.7 Å². The molecule has 5 unspecified atom stereocenters. The van der Waals surface area contributed by atoms with Gasteiger partial charge in [0, 0.05) is 5.92 Å². The average molecular weight is 210 g/mol. The van der Waals surface area contributed by atoms with Crippen LogP contribution in [0.1, 0.15) is 19.8 Å². The van der Waals surface area contributed by atoms with Crippen molar-refractivity contribution in [2.75, 3.05) is 6.61 Å². The Bertz CT molecular complexity index is 323. The first-order valence-corrected chi connectivity index (χ1v) is 5.59. The summed E-state index contributed by atoms with van der Waals surface area (Å²) in [5.74, 6) is -0.197. The third kappa shape index (κ3) is 1.08. The summed E-state index contributed by atoms with van der Waals surface area (Å²) in [7, 11) is 0. The number of esters is 2. The first-order chi connectivity index (χ1) is 7.22. The zero-order chi connectivity index (χ0) is 10.6. The van der Waals surface area contributed by atoms with E-state index in [1.54, 1.807) is 6.92 Å². The summed E-state index contributed by atoms with van der Waals surface area (Å²) < 4.78 is 10.3. The molecule has 2 saturated carbocycles.